The molecule has 0 atom stereocenters. The van der Waals surface area contributed by atoms with Crippen LogP contribution in [0.5, 0.6) is 11.5 Å². The third-order valence-electron chi connectivity index (χ3n) is 7.33. The molecule has 5 rings (SSSR count). The number of rotatable bonds is 11. The number of phenols is 1. The quantitative estimate of drug-likeness (QED) is 0.110. The molecule has 0 unspecified atom stereocenters. The third-order valence-corrected chi connectivity index (χ3v) is 8.32. The maximum Gasteiger partial charge on any atom is 0.295 e. The molecular weight excluding hydrogens is 630 g/mol. The lowest BCUT2D eigenvalue weighted by Gasteiger charge is -2.13. The molecule has 1 heterocycles. The van der Waals surface area contributed by atoms with E-state index in [1.807, 2.05) is 30.3 Å². The molecule has 244 valence electrons. The minimum Gasteiger partial charge on any atom is -0.508 e. The molecule has 5 aromatic rings. The number of aromatic hydroxyl groups is 1. The second kappa shape index (κ2) is 15.1. The lowest BCUT2D eigenvalue weighted by Crippen LogP contribution is -2.30. The van der Waals surface area contributed by atoms with Gasteiger partial charge in [-0.2, -0.15) is 0 Å². The van der Waals surface area contributed by atoms with Crippen molar-refractivity contribution >= 4 is 46.9 Å². The summed E-state index contributed by atoms with van der Waals surface area (Å²) in [5.74, 6) is -1.17. The van der Waals surface area contributed by atoms with Crippen molar-refractivity contribution in [2.24, 2.45) is 7.05 Å². The molecule has 4 aromatic carbocycles. The average Bonchev–Trinajstić information content (AvgIpc) is 3.31. The van der Waals surface area contributed by atoms with E-state index in [9.17, 15) is 24.3 Å². The molecule has 11 nitrogen and oxygen atoms in total. The molecule has 0 fully saturated rings. The van der Waals surface area contributed by atoms with Crippen LogP contribution in [0.2, 0.25) is 0 Å². The minimum atomic E-state index is -0.608. The van der Waals surface area contributed by atoms with E-state index in [4.69, 9.17) is 4.74 Å². The third kappa shape index (κ3) is 7.85. The van der Waals surface area contributed by atoms with Crippen LogP contribution in [0.3, 0.4) is 0 Å². The van der Waals surface area contributed by atoms with E-state index in [0.29, 0.717) is 38.8 Å². The molecule has 0 spiro atoms. The van der Waals surface area contributed by atoms with Gasteiger partial charge in [0.15, 0.2) is 0 Å². The van der Waals surface area contributed by atoms with Crippen molar-refractivity contribution in [3.8, 4) is 17.2 Å². The molecule has 0 aliphatic carbocycles. The lowest BCUT2D eigenvalue weighted by molar-refractivity contribution is -0.114. The predicted molar refractivity (Wildman–Crippen MR) is 187 cm³/mol. The van der Waals surface area contributed by atoms with Gasteiger partial charge < -0.3 is 25.8 Å². The van der Waals surface area contributed by atoms with Crippen molar-refractivity contribution in [2.75, 3.05) is 23.5 Å². The molecule has 0 bridgehead atoms. The number of aromatic nitrogens is 2. The van der Waals surface area contributed by atoms with E-state index in [2.05, 4.69) is 16.0 Å². The highest BCUT2D eigenvalue weighted by atomic mass is 32.2. The SMILES string of the molecule is COc1cc(O)ccc1/C=C(/NC(=O)c1ccccc1)C(=O)Nc1cccc(SCC(=O)Nc2c(C)n(C)n(-c3ccccc3)c2=O)c1. The van der Waals surface area contributed by atoms with Crippen LogP contribution >= 0.6 is 11.8 Å². The Morgan fingerprint density at radius 1 is 0.896 bits per heavy atom. The van der Waals surface area contributed by atoms with E-state index in [0.717, 1.165) is 0 Å². The second-order valence-electron chi connectivity index (χ2n) is 10.6. The minimum absolute atomic E-state index is 0.00937. The standard InChI is InChI=1S/C36H33N5O6S/c1-23-33(36(46)41(40(23)2)27-14-8-5-9-15-27)39-32(43)22-48-29-16-10-13-26(20-29)37-35(45)30(38-34(44)24-11-6-4-7-12-24)19-25-17-18-28(42)21-31(25)47-3/h4-21,42H,22H2,1-3H3,(H,37,45)(H,38,44)(H,39,43)/b30-19+. The van der Waals surface area contributed by atoms with Gasteiger partial charge in [0.25, 0.3) is 17.4 Å². The fourth-order valence-corrected chi connectivity index (χ4v) is 5.57. The van der Waals surface area contributed by atoms with E-state index >= 15 is 0 Å². The van der Waals surface area contributed by atoms with Crippen LogP contribution in [0, 0.1) is 6.92 Å². The Balaban J connectivity index is 1.30. The van der Waals surface area contributed by atoms with Gasteiger partial charge in [-0.05, 0) is 67.6 Å². The molecular formula is C36H33N5O6S. The Bertz CT molecular complexity index is 2050. The van der Waals surface area contributed by atoms with E-state index in [1.54, 1.807) is 79.3 Å². The summed E-state index contributed by atoms with van der Waals surface area (Å²) >= 11 is 1.23. The summed E-state index contributed by atoms with van der Waals surface area (Å²) in [6, 6.07) is 28.9. The largest absolute Gasteiger partial charge is 0.508 e. The van der Waals surface area contributed by atoms with Gasteiger partial charge >= 0.3 is 0 Å². The summed E-state index contributed by atoms with van der Waals surface area (Å²) in [6.45, 7) is 1.76. The van der Waals surface area contributed by atoms with Crippen molar-refractivity contribution < 1.29 is 24.2 Å². The summed E-state index contributed by atoms with van der Waals surface area (Å²) < 4.78 is 8.53. The van der Waals surface area contributed by atoms with Crippen LogP contribution in [0.1, 0.15) is 21.6 Å². The monoisotopic (exact) mass is 663 g/mol. The molecule has 1 aromatic heterocycles. The first-order valence-electron chi connectivity index (χ1n) is 14.8. The molecule has 12 heteroatoms. The van der Waals surface area contributed by atoms with Gasteiger partial charge in [0, 0.05) is 34.8 Å². The summed E-state index contributed by atoms with van der Waals surface area (Å²) in [5.41, 5.74) is 2.33. The number of nitrogens with zero attached hydrogens (tertiary/aromatic N) is 2. The molecule has 0 radical (unpaired) electrons. The van der Waals surface area contributed by atoms with Crippen LogP contribution in [-0.2, 0) is 16.6 Å². The van der Waals surface area contributed by atoms with Gasteiger partial charge in [-0.1, -0.05) is 42.5 Å². The van der Waals surface area contributed by atoms with Crippen molar-refractivity contribution in [1.29, 1.82) is 0 Å². The maximum atomic E-state index is 13.5. The van der Waals surface area contributed by atoms with Crippen LogP contribution in [-0.4, -0.2) is 45.1 Å². The fraction of sp³-hybridized carbons (Fsp3) is 0.111. The zero-order valence-corrected chi connectivity index (χ0v) is 27.2. The number of anilines is 2. The van der Waals surface area contributed by atoms with Gasteiger partial charge in [-0.25, -0.2) is 4.68 Å². The summed E-state index contributed by atoms with van der Waals surface area (Å²) in [5, 5.41) is 18.1. The molecule has 0 saturated heterocycles. The molecule has 0 aliphatic heterocycles. The predicted octanol–water partition coefficient (Wildman–Crippen LogP) is 5.34. The number of para-hydroxylation sites is 1. The molecule has 4 N–H and O–H groups in total. The number of carbonyl (C=O) groups excluding carboxylic acids is 3. The van der Waals surface area contributed by atoms with Crippen LogP contribution in [0.4, 0.5) is 11.4 Å². The molecule has 0 aliphatic rings. The Labute approximate surface area is 280 Å². The number of hydrogen-bond acceptors (Lipinski definition) is 7. The molecule has 0 saturated carbocycles. The molecule has 48 heavy (non-hydrogen) atoms. The number of phenolic OH excluding ortho intramolecular Hbond substituents is 1. The first kappa shape index (κ1) is 33.4. The number of amides is 3. The fourth-order valence-electron chi connectivity index (χ4n) is 4.82. The van der Waals surface area contributed by atoms with Crippen molar-refractivity contribution in [2.45, 2.75) is 11.8 Å². The highest BCUT2D eigenvalue weighted by molar-refractivity contribution is 8.00. The Hall–Kier alpha value is -6.01. The van der Waals surface area contributed by atoms with Crippen molar-refractivity contribution in [3.05, 3.63) is 136 Å². The first-order chi connectivity index (χ1) is 23.1. The van der Waals surface area contributed by atoms with E-state index < -0.39 is 11.8 Å². The highest BCUT2D eigenvalue weighted by Gasteiger charge is 2.19. The lowest BCUT2D eigenvalue weighted by atomic mass is 10.1. The first-order valence-corrected chi connectivity index (χ1v) is 15.8. The molecule has 3 amide bonds. The van der Waals surface area contributed by atoms with E-state index in [-0.39, 0.29) is 34.4 Å². The van der Waals surface area contributed by atoms with Gasteiger partial charge in [0.05, 0.1) is 24.2 Å². The summed E-state index contributed by atoms with van der Waals surface area (Å²) in [7, 11) is 3.18. The maximum absolute atomic E-state index is 13.5. The van der Waals surface area contributed by atoms with Crippen molar-refractivity contribution in [1.82, 2.24) is 14.7 Å². The van der Waals surface area contributed by atoms with Gasteiger partial charge in [0.2, 0.25) is 5.91 Å². The Kier molecular flexibility index (Phi) is 10.5. The summed E-state index contributed by atoms with van der Waals surface area (Å²) in [4.78, 5) is 53.3. The smallest absolute Gasteiger partial charge is 0.295 e. The average molecular weight is 664 g/mol. The number of thioether (sulfide) groups is 1. The number of benzene rings is 4. The second-order valence-corrected chi connectivity index (χ2v) is 11.6. The van der Waals surface area contributed by atoms with Crippen LogP contribution in [0.25, 0.3) is 11.8 Å². The summed E-state index contributed by atoms with van der Waals surface area (Å²) in [6.07, 6.45) is 1.45. The normalized spacial score (nSPS) is 11.1. The number of methoxy groups -OCH3 is 1. The zero-order chi connectivity index (χ0) is 34.2. The highest BCUT2D eigenvalue weighted by Crippen LogP contribution is 2.27. The zero-order valence-electron chi connectivity index (χ0n) is 26.4. The van der Waals surface area contributed by atoms with Crippen LogP contribution < -0.4 is 26.2 Å². The van der Waals surface area contributed by atoms with Crippen molar-refractivity contribution in [3.63, 3.8) is 0 Å². The Morgan fingerprint density at radius 3 is 2.31 bits per heavy atom. The van der Waals surface area contributed by atoms with Gasteiger partial charge in [-0.3, -0.25) is 23.9 Å². The van der Waals surface area contributed by atoms with Gasteiger partial charge in [-0.15, -0.1) is 11.8 Å². The number of nitrogens with one attached hydrogen (secondary N) is 3. The Morgan fingerprint density at radius 2 is 1.60 bits per heavy atom. The number of carbonyl (C=O) groups is 3. The topological polar surface area (TPSA) is 144 Å². The van der Waals surface area contributed by atoms with Crippen LogP contribution in [0.15, 0.2) is 119 Å². The number of hydrogen-bond donors (Lipinski definition) is 4. The van der Waals surface area contributed by atoms with Gasteiger partial charge in [0.1, 0.15) is 22.9 Å². The number of ether oxygens (including phenoxy) is 1. The van der Waals surface area contributed by atoms with E-state index in [1.165, 1.54) is 41.8 Å².